The van der Waals surface area contributed by atoms with Gasteiger partial charge in [-0.25, -0.2) is 4.31 Å². The summed E-state index contributed by atoms with van der Waals surface area (Å²) in [6.07, 6.45) is 10.4. The Balaban J connectivity index is 1.94. The molecule has 4 nitrogen and oxygen atoms in total. The lowest BCUT2D eigenvalue weighted by atomic mass is 10.0. The van der Waals surface area contributed by atoms with Gasteiger partial charge in [0.2, 0.25) is 0 Å². The molecule has 1 unspecified atom stereocenters. The van der Waals surface area contributed by atoms with Gasteiger partial charge in [-0.15, -0.1) is 0 Å². The van der Waals surface area contributed by atoms with E-state index in [9.17, 15) is 4.21 Å². The number of nitrogens with zero attached hydrogens (tertiary/aromatic N) is 2. The third-order valence-electron chi connectivity index (χ3n) is 3.55. The molecule has 2 aromatic heterocycles. The molecule has 1 atom stereocenters. The Morgan fingerprint density at radius 1 is 1.53 bits per heavy atom. The fourth-order valence-corrected chi connectivity index (χ4v) is 3.35. The first-order chi connectivity index (χ1) is 9.05. The topological polar surface area (TPSA) is 49.0 Å². The van der Waals surface area contributed by atoms with E-state index in [-0.39, 0.29) is 0 Å². The van der Waals surface area contributed by atoms with Gasteiger partial charge in [0.1, 0.15) is 0 Å². The first-order valence-electron chi connectivity index (χ1n) is 6.23. The lowest BCUT2D eigenvalue weighted by Gasteiger charge is -2.27. The molecule has 5 heteroatoms. The van der Waals surface area contributed by atoms with Crippen LogP contribution in [0.3, 0.4) is 0 Å². The largest absolute Gasteiger partial charge is 0.359 e. The van der Waals surface area contributed by atoms with E-state index in [0.29, 0.717) is 6.54 Å². The Hall–Kier alpha value is -1.59. The maximum Gasteiger partial charge on any atom is 0.0646 e. The van der Waals surface area contributed by atoms with Crippen LogP contribution in [0, 0.1) is 0 Å². The van der Waals surface area contributed by atoms with Gasteiger partial charge in [0, 0.05) is 52.4 Å². The first kappa shape index (κ1) is 12.4. The van der Waals surface area contributed by atoms with E-state index in [4.69, 9.17) is 0 Å². The molecule has 3 heterocycles. The van der Waals surface area contributed by atoms with Crippen LogP contribution in [0.1, 0.15) is 12.0 Å². The summed E-state index contributed by atoms with van der Waals surface area (Å²) in [6.45, 7) is 1.49. The van der Waals surface area contributed by atoms with Gasteiger partial charge in [-0.3, -0.25) is 9.19 Å². The number of H-pyrrole nitrogens is 1. The summed E-state index contributed by atoms with van der Waals surface area (Å²) < 4.78 is 13.9. The van der Waals surface area contributed by atoms with Crippen molar-refractivity contribution in [2.45, 2.75) is 6.42 Å². The molecule has 1 aliphatic rings. The van der Waals surface area contributed by atoms with Crippen LogP contribution in [0.2, 0.25) is 0 Å². The van der Waals surface area contributed by atoms with Gasteiger partial charge in [0.05, 0.1) is 11.7 Å². The minimum atomic E-state index is -2.09. The Morgan fingerprint density at radius 2 is 2.37 bits per heavy atom. The van der Waals surface area contributed by atoms with E-state index in [2.05, 4.69) is 21.9 Å². The van der Waals surface area contributed by atoms with Crippen molar-refractivity contribution < 1.29 is 4.21 Å². The van der Waals surface area contributed by atoms with E-state index >= 15 is 0 Å². The van der Waals surface area contributed by atoms with Crippen molar-refractivity contribution in [1.29, 1.82) is 0 Å². The van der Waals surface area contributed by atoms with Crippen LogP contribution in [0.4, 0.5) is 0 Å². The minimum absolute atomic E-state index is 0.700. The van der Waals surface area contributed by atoms with Gasteiger partial charge < -0.3 is 4.98 Å². The zero-order chi connectivity index (χ0) is 13.5. The van der Waals surface area contributed by atoms with Crippen molar-refractivity contribution in [3.05, 3.63) is 36.3 Å². The molecule has 1 aliphatic heterocycles. The van der Waals surface area contributed by atoms with Crippen LogP contribution < -0.4 is 0 Å². The zero-order valence-corrected chi connectivity index (χ0v) is 11.7. The molecule has 0 spiro atoms. The molecule has 0 saturated heterocycles. The summed E-state index contributed by atoms with van der Waals surface area (Å²) in [6, 6.07) is 2.03. The molecule has 3 rings (SSSR count). The number of hydrogen-bond acceptors (Lipinski definition) is 2. The van der Waals surface area contributed by atoms with Crippen LogP contribution in [0.15, 0.2) is 30.7 Å². The number of hydrogen-bond donors (Lipinski definition) is 1. The van der Waals surface area contributed by atoms with E-state index in [0.717, 1.165) is 18.5 Å². The monoisotopic (exact) mass is 275 g/mol. The van der Waals surface area contributed by atoms with Crippen LogP contribution in [-0.2, 0) is 9.71 Å². The fraction of sp³-hybridized carbons (Fsp3) is 0.286. The van der Waals surface area contributed by atoms with E-state index in [1.54, 1.807) is 6.26 Å². The molecule has 1 N–H and O–H groups in total. The van der Waals surface area contributed by atoms with Crippen LogP contribution in [0.25, 0.3) is 16.5 Å². The Labute approximate surface area is 113 Å². The van der Waals surface area contributed by atoms with Crippen LogP contribution in [-0.4, -0.2) is 43.7 Å². The van der Waals surface area contributed by atoms with Crippen molar-refractivity contribution in [3.8, 4) is 0 Å². The minimum Gasteiger partial charge on any atom is -0.359 e. The summed E-state index contributed by atoms with van der Waals surface area (Å²) in [5.41, 5.74) is 3.58. The third kappa shape index (κ3) is 2.31. The predicted octanol–water partition coefficient (Wildman–Crippen LogP) is 1.91. The van der Waals surface area contributed by atoms with Crippen molar-refractivity contribution >= 4 is 32.1 Å². The molecule has 100 valence electrons. The highest BCUT2D eigenvalue weighted by Crippen LogP contribution is 2.29. The first-order valence-corrected chi connectivity index (χ1v) is 8.33. The van der Waals surface area contributed by atoms with Gasteiger partial charge in [0.25, 0.3) is 0 Å². The number of pyridine rings is 1. The molecular weight excluding hydrogens is 258 g/mol. The highest BCUT2D eigenvalue weighted by Gasteiger charge is 2.18. The lowest BCUT2D eigenvalue weighted by Crippen LogP contribution is -2.33. The SMILES string of the molecule is C=S(C)(=O)N1CC=C(c2c[nH]c3cnccc23)CC1. The second-order valence-electron chi connectivity index (χ2n) is 4.95. The normalized spacial score (nSPS) is 20.2. The molecule has 0 aliphatic carbocycles. The molecule has 0 radical (unpaired) electrons. The maximum absolute atomic E-state index is 11.9. The number of rotatable bonds is 2. The van der Waals surface area contributed by atoms with Gasteiger partial charge in [-0.1, -0.05) is 6.08 Å². The summed E-state index contributed by atoms with van der Waals surface area (Å²) in [5, 5.41) is 1.20. The Bertz CT molecular complexity index is 743. The smallest absolute Gasteiger partial charge is 0.0646 e. The lowest BCUT2D eigenvalue weighted by molar-refractivity contribution is 0.484. The molecule has 19 heavy (non-hydrogen) atoms. The van der Waals surface area contributed by atoms with E-state index < -0.39 is 9.71 Å². The van der Waals surface area contributed by atoms with E-state index in [1.165, 1.54) is 16.5 Å². The average molecular weight is 275 g/mol. The Kier molecular flexibility index (Phi) is 2.95. The molecule has 0 amide bonds. The molecular formula is C14H17N3OS. The molecule has 0 aromatic carbocycles. The number of aromatic amines is 1. The summed E-state index contributed by atoms with van der Waals surface area (Å²) in [7, 11) is -2.09. The molecule has 0 fully saturated rings. The molecule has 0 bridgehead atoms. The highest BCUT2D eigenvalue weighted by molar-refractivity contribution is 7.97. The predicted molar refractivity (Wildman–Crippen MR) is 81.4 cm³/mol. The van der Waals surface area contributed by atoms with Gasteiger partial charge in [-0.2, -0.15) is 0 Å². The second kappa shape index (κ2) is 4.51. The highest BCUT2D eigenvalue weighted by atomic mass is 32.2. The zero-order valence-electron chi connectivity index (χ0n) is 10.9. The standard InChI is InChI=1S/C14H17N3OS/c1-19(2,18)17-7-4-11(5-8-17)13-9-16-14-10-15-6-3-12(13)14/h3-4,6,9-10,16H,1,5,7-8H2,2H3. The average Bonchev–Trinajstić information content (AvgIpc) is 2.82. The summed E-state index contributed by atoms with van der Waals surface area (Å²) in [5.74, 6) is 3.74. The second-order valence-corrected chi connectivity index (χ2v) is 7.39. The third-order valence-corrected chi connectivity index (χ3v) is 4.97. The summed E-state index contributed by atoms with van der Waals surface area (Å²) in [4.78, 5) is 7.35. The molecule has 2 aromatic rings. The maximum atomic E-state index is 11.9. The van der Waals surface area contributed by atoms with Crippen molar-refractivity contribution in [1.82, 2.24) is 14.3 Å². The van der Waals surface area contributed by atoms with Crippen molar-refractivity contribution in [2.75, 3.05) is 19.3 Å². The summed E-state index contributed by atoms with van der Waals surface area (Å²) >= 11 is 0. The van der Waals surface area contributed by atoms with E-state index in [1.807, 2.05) is 29.0 Å². The van der Waals surface area contributed by atoms with Gasteiger partial charge in [-0.05, 0) is 23.9 Å². The Morgan fingerprint density at radius 3 is 3.05 bits per heavy atom. The van der Waals surface area contributed by atoms with Gasteiger partial charge >= 0.3 is 0 Å². The van der Waals surface area contributed by atoms with Crippen LogP contribution >= 0.6 is 0 Å². The van der Waals surface area contributed by atoms with Crippen molar-refractivity contribution in [2.24, 2.45) is 0 Å². The molecule has 0 saturated carbocycles. The number of fused-ring (bicyclic) bond motifs is 1. The van der Waals surface area contributed by atoms with Gasteiger partial charge in [0.15, 0.2) is 0 Å². The number of nitrogens with one attached hydrogen (secondary N) is 1. The quantitative estimate of drug-likeness (QED) is 0.851. The van der Waals surface area contributed by atoms with Crippen molar-refractivity contribution in [3.63, 3.8) is 0 Å². The van der Waals surface area contributed by atoms with Crippen LogP contribution in [0.5, 0.6) is 0 Å². The number of aromatic nitrogens is 2. The fourth-order valence-electron chi connectivity index (χ4n) is 2.48.